The lowest BCUT2D eigenvalue weighted by atomic mass is 9.85. The van der Waals surface area contributed by atoms with Crippen molar-refractivity contribution in [3.05, 3.63) is 48.6 Å². The molecule has 0 aromatic carbocycles. The van der Waals surface area contributed by atoms with Crippen LogP contribution < -0.4 is 0 Å². The van der Waals surface area contributed by atoms with Gasteiger partial charge in [0.2, 0.25) is 0 Å². The number of ether oxygens (including phenoxy) is 3. The molecule has 66 heavy (non-hydrogen) atoms. The first-order valence-corrected chi connectivity index (χ1v) is 27.3. The van der Waals surface area contributed by atoms with Gasteiger partial charge < -0.3 is 49.3 Å². The molecule has 0 radical (unpaired) electrons. The Balaban J connectivity index is 1.81. The quantitative estimate of drug-likeness (QED) is 0.0100. The van der Waals surface area contributed by atoms with Crippen molar-refractivity contribution in [1.29, 1.82) is 0 Å². The number of phosphoric ester groups is 2. The van der Waals surface area contributed by atoms with Crippen LogP contribution in [-0.2, 0) is 46.5 Å². The van der Waals surface area contributed by atoms with Crippen LogP contribution in [0.2, 0.25) is 0 Å². The molecule has 0 aromatic rings. The van der Waals surface area contributed by atoms with Crippen LogP contribution in [0.1, 0.15) is 168 Å². The van der Waals surface area contributed by atoms with Gasteiger partial charge in [-0.1, -0.05) is 133 Å². The Bertz CT molecular complexity index is 1530. The Hall–Kier alpha value is -2.08. The van der Waals surface area contributed by atoms with Gasteiger partial charge in [-0.15, -0.1) is 0 Å². The molecule has 1 aliphatic carbocycles. The maximum absolute atomic E-state index is 13.0. The predicted octanol–water partition coefficient (Wildman–Crippen LogP) is 8.27. The molecule has 1 aliphatic heterocycles. The zero-order chi connectivity index (χ0) is 48.6. The maximum atomic E-state index is 13.0. The second-order valence-electron chi connectivity index (χ2n) is 17.2. The maximum Gasteiger partial charge on any atom is 0.472 e. The lowest BCUT2D eigenvalue weighted by Gasteiger charge is -2.43. The van der Waals surface area contributed by atoms with Gasteiger partial charge in [0, 0.05) is 12.8 Å². The lowest BCUT2D eigenvalue weighted by Crippen LogP contribution is -2.64. The molecule has 19 heteroatoms. The van der Waals surface area contributed by atoms with Crippen molar-refractivity contribution in [2.45, 2.75) is 223 Å². The number of carbonyl (C=O) groups is 2. The highest BCUT2D eigenvalue weighted by Gasteiger charge is 2.54. The zero-order valence-electron chi connectivity index (χ0n) is 39.3. The van der Waals surface area contributed by atoms with Gasteiger partial charge in [0.25, 0.3) is 0 Å². The molecule has 0 bridgehead atoms. The van der Waals surface area contributed by atoms with Crippen LogP contribution in [0.15, 0.2) is 48.6 Å². The molecular weight excluding hydrogens is 898 g/mol. The monoisotopic (exact) mass is 981 g/mol. The van der Waals surface area contributed by atoms with E-state index in [1.54, 1.807) is 0 Å². The van der Waals surface area contributed by atoms with Crippen molar-refractivity contribution in [1.82, 2.24) is 0 Å². The Kier molecular flexibility index (Phi) is 31.9. The van der Waals surface area contributed by atoms with Gasteiger partial charge in [-0.2, -0.15) is 0 Å². The largest absolute Gasteiger partial charge is 0.472 e. The van der Waals surface area contributed by atoms with Crippen LogP contribution in [0, 0.1) is 0 Å². The van der Waals surface area contributed by atoms with Gasteiger partial charge in [0.15, 0.2) is 6.10 Å². The van der Waals surface area contributed by atoms with E-state index in [-0.39, 0.29) is 12.8 Å². The van der Waals surface area contributed by atoms with E-state index in [2.05, 4.69) is 54.8 Å². The van der Waals surface area contributed by atoms with Crippen LogP contribution in [-0.4, -0.2) is 115 Å². The second-order valence-corrected chi connectivity index (χ2v) is 19.8. The molecule has 0 amide bonds. The van der Waals surface area contributed by atoms with E-state index in [0.29, 0.717) is 31.5 Å². The third-order valence-electron chi connectivity index (χ3n) is 11.3. The highest BCUT2D eigenvalue weighted by molar-refractivity contribution is 7.47. The molecular formula is C47H82O17P2. The molecule has 2 aliphatic rings. The number of rotatable bonds is 39. The standard InChI is InChI=1S/C47H82O17P2/c1-3-5-7-8-9-10-11-12-13-14-15-19-22-25-29-33-40(48)59-35-37(36-60-66(57,58)64-47-44(52)42(50)43(51)46(45(47)53)63-65(54,55)56)61-41(49)34-30-26-23-20-17-16-18-21-24-28-32-39-38(62-39)31-27-6-4-2/h12-13,16,18,20,23-24,28,37-39,42-47,50-53H,3-11,14-15,17,19,21-22,25-27,29-36H2,1-2H3,(H,57,58)(H2,54,55,56)/b13-12-,18-16-,23-20-,28-24-/t37-,38?,39?,42?,43?,44?,45?,46-,47+/m1/s1. The molecule has 0 aromatic heterocycles. The van der Waals surface area contributed by atoms with Crippen LogP contribution in [0.4, 0.5) is 0 Å². The third kappa shape index (κ3) is 28.4. The second kappa shape index (κ2) is 35.1. The van der Waals surface area contributed by atoms with Gasteiger partial charge in [-0.25, -0.2) is 9.13 Å². The van der Waals surface area contributed by atoms with E-state index in [4.69, 9.17) is 23.3 Å². The molecule has 7 unspecified atom stereocenters. The van der Waals surface area contributed by atoms with Crippen LogP contribution in [0.5, 0.6) is 0 Å². The molecule has 1 saturated heterocycles. The van der Waals surface area contributed by atoms with Crippen molar-refractivity contribution in [2.75, 3.05) is 13.2 Å². The lowest BCUT2D eigenvalue weighted by molar-refractivity contribution is -0.216. The molecule has 17 nitrogen and oxygen atoms in total. The SMILES string of the molecule is CCCCCCCC/C=C\CCCCCCCC(=O)OC[C@H](COP(=O)(O)O[C@H]1C(O)C(O)C(O)[C@@H](OP(=O)(O)O)C1O)OC(=O)CCC/C=C\C/C=C\C/C=C\CC1OC1CCCCC. The number of hydrogen-bond donors (Lipinski definition) is 7. The molecule has 1 saturated carbocycles. The summed E-state index contributed by atoms with van der Waals surface area (Å²) >= 11 is 0. The summed E-state index contributed by atoms with van der Waals surface area (Å²) in [6.07, 6.45) is 25.3. The number of phosphoric acid groups is 2. The summed E-state index contributed by atoms with van der Waals surface area (Å²) in [7, 11) is -10.7. The third-order valence-corrected chi connectivity index (χ3v) is 12.8. The fourth-order valence-electron chi connectivity index (χ4n) is 7.40. The first-order chi connectivity index (χ1) is 31.6. The Morgan fingerprint density at radius 2 is 1.08 bits per heavy atom. The summed E-state index contributed by atoms with van der Waals surface area (Å²) in [6, 6.07) is 0. The molecule has 7 N–H and O–H groups in total. The van der Waals surface area contributed by atoms with E-state index < -0.39 is 83.5 Å². The highest BCUT2D eigenvalue weighted by Crippen LogP contribution is 2.49. The number of aliphatic hydroxyl groups is 4. The van der Waals surface area contributed by atoms with Gasteiger partial charge in [-0.05, 0) is 70.6 Å². The van der Waals surface area contributed by atoms with Crippen molar-refractivity contribution in [3.8, 4) is 0 Å². The van der Waals surface area contributed by atoms with Crippen molar-refractivity contribution < 1.29 is 81.6 Å². The molecule has 2 fully saturated rings. The number of esters is 2. The minimum atomic E-state index is -5.37. The van der Waals surface area contributed by atoms with E-state index in [9.17, 15) is 53.8 Å². The number of hydrogen-bond acceptors (Lipinski definition) is 14. The first-order valence-electron chi connectivity index (χ1n) is 24.3. The minimum Gasteiger partial charge on any atom is -0.462 e. The normalized spacial score (nSPS) is 25.0. The van der Waals surface area contributed by atoms with Crippen LogP contribution in [0.25, 0.3) is 0 Å². The van der Waals surface area contributed by atoms with Gasteiger partial charge in [0.1, 0.15) is 43.2 Å². The number of carbonyl (C=O) groups excluding carboxylic acids is 2. The predicted molar refractivity (Wildman–Crippen MR) is 250 cm³/mol. The topological polar surface area (TPSA) is 269 Å². The Morgan fingerprint density at radius 3 is 1.71 bits per heavy atom. The fourth-order valence-corrected chi connectivity index (χ4v) is 8.94. The summed E-state index contributed by atoms with van der Waals surface area (Å²) in [5.74, 6) is -1.29. The van der Waals surface area contributed by atoms with E-state index in [1.165, 1.54) is 57.8 Å². The van der Waals surface area contributed by atoms with Gasteiger partial charge in [0.05, 0.1) is 18.8 Å². The number of unbranched alkanes of at least 4 members (excludes halogenated alkanes) is 14. The summed E-state index contributed by atoms with van der Waals surface area (Å²) in [6.45, 7) is 3.02. The van der Waals surface area contributed by atoms with Crippen LogP contribution >= 0.6 is 15.6 Å². The smallest absolute Gasteiger partial charge is 0.462 e. The summed E-state index contributed by atoms with van der Waals surface area (Å²) < 4.78 is 55.0. The molecule has 382 valence electrons. The van der Waals surface area contributed by atoms with Crippen molar-refractivity contribution in [2.24, 2.45) is 0 Å². The highest BCUT2D eigenvalue weighted by atomic mass is 31.2. The average Bonchev–Trinajstić information content (AvgIpc) is 4.03. The van der Waals surface area contributed by atoms with Gasteiger partial charge >= 0.3 is 27.6 Å². The van der Waals surface area contributed by atoms with Crippen LogP contribution in [0.3, 0.4) is 0 Å². The number of allylic oxidation sites excluding steroid dienone is 7. The minimum absolute atomic E-state index is 0.0383. The zero-order valence-corrected chi connectivity index (χ0v) is 41.1. The Morgan fingerprint density at radius 1 is 0.561 bits per heavy atom. The molecule has 10 atom stereocenters. The first kappa shape index (κ1) is 60.0. The van der Waals surface area contributed by atoms with Crippen molar-refractivity contribution >= 4 is 27.6 Å². The van der Waals surface area contributed by atoms with Gasteiger partial charge in [-0.3, -0.25) is 23.2 Å². The average molecular weight is 981 g/mol. The fraction of sp³-hybridized carbons (Fsp3) is 0.787. The molecule has 2 rings (SSSR count). The van der Waals surface area contributed by atoms with E-state index in [0.717, 1.165) is 64.2 Å². The van der Waals surface area contributed by atoms with Crippen molar-refractivity contribution in [3.63, 3.8) is 0 Å². The van der Waals surface area contributed by atoms with E-state index >= 15 is 0 Å². The summed E-state index contributed by atoms with van der Waals surface area (Å²) in [4.78, 5) is 54.3. The van der Waals surface area contributed by atoms with E-state index in [1.807, 2.05) is 12.2 Å². The molecule has 0 spiro atoms. The molecule has 1 heterocycles. The summed E-state index contributed by atoms with van der Waals surface area (Å²) in [5.41, 5.74) is 0. The summed E-state index contributed by atoms with van der Waals surface area (Å²) in [5, 5.41) is 41.2. The Labute approximate surface area is 392 Å². The number of aliphatic hydroxyl groups excluding tert-OH is 4. The number of epoxide rings is 1.